The van der Waals surface area contributed by atoms with Crippen LogP contribution in [0.5, 0.6) is 0 Å². The number of nitrogens with two attached hydrogens (primary N) is 1. The molecule has 0 unspecified atom stereocenters. The SMILES string of the molecule is CCCn1c(Cc2cccc(N)c2)nc2ccc(F)cc21. The fourth-order valence-electron chi connectivity index (χ4n) is 2.64. The first kappa shape index (κ1) is 13.6. The summed E-state index contributed by atoms with van der Waals surface area (Å²) < 4.78 is 15.6. The lowest BCUT2D eigenvalue weighted by Gasteiger charge is -2.08. The molecule has 3 rings (SSSR count). The predicted octanol–water partition coefficient (Wildman–Crippen LogP) is 3.76. The number of nitrogen functional groups attached to an aromatic ring is 1. The largest absolute Gasteiger partial charge is 0.399 e. The molecule has 3 aromatic rings. The van der Waals surface area contributed by atoms with Crippen LogP contribution in [0, 0.1) is 5.82 Å². The van der Waals surface area contributed by atoms with E-state index in [2.05, 4.69) is 16.5 Å². The van der Waals surface area contributed by atoms with Gasteiger partial charge >= 0.3 is 0 Å². The molecule has 21 heavy (non-hydrogen) atoms. The lowest BCUT2D eigenvalue weighted by molar-refractivity contribution is 0.625. The summed E-state index contributed by atoms with van der Waals surface area (Å²) in [5.41, 5.74) is 9.38. The Bertz CT molecular complexity index is 777. The average molecular weight is 283 g/mol. The molecule has 0 aliphatic heterocycles. The minimum Gasteiger partial charge on any atom is -0.399 e. The Hall–Kier alpha value is -2.36. The first-order chi connectivity index (χ1) is 10.2. The Morgan fingerprint density at radius 2 is 2.05 bits per heavy atom. The maximum atomic E-state index is 13.5. The molecule has 3 nitrogen and oxygen atoms in total. The molecule has 1 heterocycles. The number of hydrogen-bond acceptors (Lipinski definition) is 2. The molecule has 4 heteroatoms. The van der Waals surface area contributed by atoms with Crippen LogP contribution in [0.25, 0.3) is 11.0 Å². The maximum Gasteiger partial charge on any atom is 0.125 e. The van der Waals surface area contributed by atoms with Crippen molar-refractivity contribution >= 4 is 16.7 Å². The van der Waals surface area contributed by atoms with E-state index >= 15 is 0 Å². The Morgan fingerprint density at radius 3 is 2.81 bits per heavy atom. The van der Waals surface area contributed by atoms with Gasteiger partial charge in [0, 0.05) is 18.7 Å². The van der Waals surface area contributed by atoms with Crippen molar-refractivity contribution in [3.05, 3.63) is 59.7 Å². The molecule has 0 amide bonds. The fourth-order valence-corrected chi connectivity index (χ4v) is 2.64. The zero-order valence-electron chi connectivity index (χ0n) is 12.0. The van der Waals surface area contributed by atoms with Crippen molar-refractivity contribution in [1.82, 2.24) is 9.55 Å². The van der Waals surface area contributed by atoms with Gasteiger partial charge in [-0.3, -0.25) is 0 Å². The summed E-state index contributed by atoms with van der Waals surface area (Å²) in [5, 5.41) is 0. The second kappa shape index (κ2) is 5.56. The van der Waals surface area contributed by atoms with Gasteiger partial charge in [-0.2, -0.15) is 0 Å². The van der Waals surface area contributed by atoms with Crippen LogP contribution in [0.3, 0.4) is 0 Å². The minimum atomic E-state index is -0.227. The van der Waals surface area contributed by atoms with Crippen LogP contribution in [0.4, 0.5) is 10.1 Å². The summed E-state index contributed by atoms with van der Waals surface area (Å²) in [6, 6.07) is 12.5. The van der Waals surface area contributed by atoms with Crippen molar-refractivity contribution in [2.24, 2.45) is 0 Å². The van der Waals surface area contributed by atoms with Crippen LogP contribution >= 0.6 is 0 Å². The van der Waals surface area contributed by atoms with Crippen molar-refractivity contribution in [2.45, 2.75) is 26.3 Å². The number of halogens is 1. The van der Waals surface area contributed by atoms with Crippen molar-refractivity contribution in [3.8, 4) is 0 Å². The normalized spacial score (nSPS) is 11.1. The van der Waals surface area contributed by atoms with Gasteiger partial charge in [-0.25, -0.2) is 9.37 Å². The highest BCUT2D eigenvalue weighted by Crippen LogP contribution is 2.21. The second-order valence-corrected chi connectivity index (χ2v) is 5.23. The van der Waals surface area contributed by atoms with Crippen LogP contribution in [-0.2, 0) is 13.0 Å². The predicted molar refractivity (Wildman–Crippen MR) is 83.6 cm³/mol. The first-order valence-corrected chi connectivity index (χ1v) is 7.16. The van der Waals surface area contributed by atoms with Gasteiger partial charge in [0.1, 0.15) is 11.6 Å². The number of rotatable bonds is 4. The molecule has 108 valence electrons. The molecule has 2 aromatic carbocycles. The van der Waals surface area contributed by atoms with Crippen LogP contribution in [0.2, 0.25) is 0 Å². The smallest absolute Gasteiger partial charge is 0.125 e. The molecule has 0 aliphatic rings. The zero-order chi connectivity index (χ0) is 14.8. The van der Waals surface area contributed by atoms with E-state index in [4.69, 9.17) is 5.73 Å². The average Bonchev–Trinajstić information content (AvgIpc) is 2.77. The third-order valence-corrected chi connectivity index (χ3v) is 3.55. The lowest BCUT2D eigenvalue weighted by atomic mass is 10.1. The molecule has 0 spiro atoms. The van der Waals surface area contributed by atoms with Crippen LogP contribution in [-0.4, -0.2) is 9.55 Å². The highest BCUT2D eigenvalue weighted by atomic mass is 19.1. The van der Waals surface area contributed by atoms with Crippen molar-refractivity contribution in [2.75, 3.05) is 5.73 Å². The Morgan fingerprint density at radius 1 is 1.19 bits per heavy atom. The summed E-state index contributed by atoms with van der Waals surface area (Å²) in [6.07, 6.45) is 1.67. The third kappa shape index (κ3) is 2.75. The molecule has 0 saturated heterocycles. The van der Waals surface area contributed by atoms with Gasteiger partial charge in [-0.05, 0) is 42.3 Å². The standard InChI is InChI=1S/C17H18FN3/c1-2-8-21-16-11-13(18)6-7-15(16)20-17(21)10-12-4-3-5-14(19)9-12/h3-7,9,11H,2,8,10,19H2,1H3. The summed E-state index contributed by atoms with van der Waals surface area (Å²) in [7, 11) is 0. The molecule has 1 aromatic heterocycles. The maximum absolute atomic E-state index is 13.5. The summed E-state index contributed by atoms with van der Waals surface area (Å²) in [6.45, 7) is 2.94. The number of aryl methyl sites for hydroxylation is 1. The molecule has 0 radical (unpaired) electrons. The van der Waals surface area contributed by atoms with Crippen LogP contribution in [0.1, 0.15) is 24.7 Å². The van der Waals surface area contributed by atoms with E-state index in [-0.39, 0.29) is 5.82 Å². The topological polar surface area (TPSA) is 43.8 Å². The monoisotopic (exact) mass is 283 g/mol. The number of anilines is 1. The molecule has 2 N–H and O–H groups in total. The number of nitrogens with zero attached hydrogens (tertiary/aromatic N) is 2. The molecule has 0 atom stereocenters. The molecule has 0 fully saturated rings. The van der Waals surface area contributed by atoms with Gasteiger partial charge in [-0.1, -0.05) is 19.1 Å². The van der Waals surface area contributed by atoms with Crippen molar-refractivity contribution in [3.63, 3.8) is 0 Å². The van der Waals surface area contributed by atoms with Crippen molar-refractivity contribution in [1.29, 1.82) is 0 Å². The molecule has 0 aliphatic carbocycles. The van der Waals surface area contributed by atoms with E-state index in [1.807, 2.05) is 24.3 Å². The van der Waals surface area contributed by atoms with Gasteiger partial charge in [0.05, 0.1) is 11.0 Å². The molecule has 0 saturated carbocycles. The number of hydrogen-bond donors (Lipinski definition) is 1. The van der Waals surface area contributed by atoms with E-state index in [0.717, 1.165) is 41.1 Å². The van der Waals surface area contributed by atoms with Crippen LogP contribution < -0.4 is 5.73 Å². The number of imidazole rings is 1. The lowest BCUT2D eigenvalue weighted by Crippen LogP contribution is -2.04. The fraction of sp³-hybridized carbons (Fsp3) is 0.235. The Balaban J connectivity index is 2.06. The molecular formula is C17H18FN3. The molecular weight excluding hydrogens is 265 g/mol. The van der Waals surface area contributed by atoms with Crippen LogP contribution in [0.15, 0.2) is 42.5 Å². The summed E-state index contributed by atoms with van der Waals surface area (Å²) in [5.74, 6) is 0.721. The van der Waals surface area contributed by atoms with E-state index in [0.29, 0.717) is 6.42 Å². The van der Waals surface area contributed by atoms with E-state index in [9.17, 15) is 4.39 Å². The third-order valence-electron chi connectivity index (χ3n) is 3.55. The number of aromatic nitrogens is 2. The van der Waals surface area contributed by atoms with E-state index in [1.54, 1.807) is 12.1 Å². The Labute approximate surface area is 123 Å². The van der Waals surface area contributed by atoms with Gasteiger partial charge < -0.3 is 10.3 Å². The van der Waals surface area contributed by atoms with Gasteiger partial charge in [0.2, 0.25) is 0 Å². The zero-order valence-corrected chi connectivity index (χ0v) is 12.0. The summed E-state index contributed by atoms with van der Waals surface area (Å²) in [4.78, 5) is 4.65. The highest BCUT2D eigenvalue weighted by Gasteiger charge is 2.11. The van der Waals surface area contributed by atoms with Gasteiger partial charge in [-0.15, -0.1) is 0 Å². The van der Waals surface area contributed by atoms with Gasteiger partial charge in [0.15, 0.2) is 0 Å². The first-order valence-electron chi connectivity index (χ1n) is 7.16. The Kier molecular flexibility index (Phi) is 3.60. The molecule has 0 bridgehead atoms. The second-order valence-electron chi connectivity index (χ2n) is 5.23. The minimum absolute atomic E-state index is 0.227. The quantitative estimate of drug-likeness (QED) is 0.741. The van der Waals surface area contributed by atoms with E-state index < -0.39 is 0 Å². The van der Waals surface area contributed by atoms with E-state index in [1.165, 1.54) is 6.07 Å². The highest BCUT2D eigenvalue weighted by molar-refractivity contribution is 5.76. The number of benzene rings is 2. The van der Waals surface area contributed by atoms with Gasteiger partial charge in [0.25, 0.3) is 0 Å². The van der Waals surface area contributed by atoms with Crippen molar-refractivity contribution < 1.29 is 4.39 Å². The number of fused-ring (bicyclic) bond motifs is 1. The summed E-state index contributed by atoms with van der Waals surface area (Å²) >= 11 is 0.